The Labute approximate surface area is 95.4 Å². The average Bonchev–Trinajstić information content (AvgIpc) is 1.84. The molecule has 0 aliphatic carbocycles. The zero-order valence-corrected chi connectivity index (χ0v) is 7.30. The van der Waals surface area contributed by atoms with Crippen LogP contribution in [0.4, 0.5) is 0 Å². The fraction of sp³-hybridized carbons (Fsp3) is 0.625. The van der Waals surface area contributed by atoms with Crippen LogP contribution in [0.15, 0.2) is 0 Å². The molecule has 0 saturated carbocycles. The molecule has 3 nitrogen and oxygen atoms in total. The van der Waals surface area contributed by atoms with Gasteiger partial charge < -0.3 is 5.11 Å². The van der Waals surface area contributed by atoms with Gasteiger partial charge in [-0.1, -0.05) is 5.92 Å². The van der Waals surface area contributed by atoms with E-state index in [2.05, 4.69) is 11.8 Å². The van der Waals surface area contributed by atoms with Crippen LogP contribution >= 0.6 is 0 Å². The fourth-order valence-electron chi connectivity index (χ4n) is 0.318. The summed E-state index contributed by atoms with van der Waals surface area (Å²) in [5.74, 6) is 3.64. The predicted molar refractivity (Wildman–Crippen MR) is 50.3 cm³/mol. The van der Waals surface area contributed by atoms with Crippen molar-refractivity contribution in [1.29, 1.82) is 0 Å². The van der Waals surface area contributed by atoms with Crippen molar-refractivity contribution < 1.29 is 9.90 Å². The van der Waals surface area contributed by atoms with Gasteiger partial charge in [0.2, 0.25) is 0 Å². The number of hydrogen-bond acceptors (Lipinski definition) is 2. The Morgan fingerprint density at radius 1 is 1.42 bits per heavy atom. The van der Waals surface area contributed by atoms with Crippen LogP contribution in [0.5, 0.6) is 0 Å². The van der Waals surface area contributed by atoms with Gasteiger partial charge in [0.05, 0.1) is 5.54 Å². The molecule has 4 heteroatoms. The minimum atomic E-state index is -1.08. The zero-order valence-electron chi connectivity index (χ0n) is 7.30. The number of rotatable bonds is 1. The maximum absolute atomic E-state index is 10.1. The second-order valence-corrected chi connectivity index (χ2v) is 3.01. The summed E-state index contributed by atoms with van der Waals surface area (Å²) in [6.07, 6.45) is 0. The summed E-state index contributed by atoms with van der Waals surface area (Å²) in [6.45, 7) is 3.73. The summed E-state index contributed by atoms with van der Waals surface area (Å²) in [7, 11) is 3.72. The third kappa shape index (κ3) is 5.62. The normalized spacial score (nSPS) is 9.75. The molecule has 0 bridgehead atoms. The van der Waals surface area contributed by atoms with E-state index < -0.39 is 5.97 Å². The van der Waals surface area contributed by atoms with Crippen LogP contribution in [-0.2, 0) is 4.79 Å². The molecule has 0 radical (unpaired) electrons. The molecule has 0 rings (SSSR count). The summed E-state index contributed by atoms with van der Waals surface area (Å²) >= 11 is 0. The predicted octanol–water partition coefficient (Wildman–Crippen LogP) is -0.234. The molecule has 0 unspecified atom stereocenters. The SMILES string of the molecule is CN(C)C(C)(C)C#CC(=O)O.[NaH]. The van der Waals surface area contributed by atoms with Crippen LogP contribution in [-0.4, -0.2) is 65.2 Å². The summed E-state index contributed by atoms with van der Waals surface area (Å²) < 4.78 is 0. The van der Waals surface area contributed by atoms with E-state index in [1.165, 1.54) is 0 Å². The van der Waals surface area contributed by atoms with Crippen molar-refractivity contribution in [3.8, 4) is 11.8 Å². The maximum atomic E-state index is 10.1. The van der Waals surface area contributed by atoms with Crippen molar-refractivity contribution in [3.63, 3.8) is 0 Å². The van der Waals surface area contributed by atoms with Gasteiger partial charge in [0.25, 0.3) is 0 Å². The molecule has 0 spiro atoms. The first-order valence-electron chi connectivity index (χ1n) is 3.30. The molecule has 0 aliphatic heterocycles. The molecule has 64 valence electrons. The Balaban J connectivity index is 0. The molecule has 0 aromatic carbocycles. The van der Waals surface area contributed by atoms with Crippen LogP contribution in [0.2, 0.25) is 0 Å². The Bertz CT molecular complexity index is 213. The van der Waals surface area contributed by atoms with Crippen LogP contribution in [0.3, 0.4) is 0 Å². The average molecular weight is 179 g/mol. The molecular weight excluding hydrogens is 165 g/mol. The standard InChI is InChI=1S/C8H13NO2.Na.H/c1-8(2,9(3)4)6-5-7(10)11;;/h1-4H3,(H,10,11);;. The summed E-state index contributed by atoms with van der Waals surface area (Å²) in [5, 5.41) is 8.27. The number of carbonyl (C=O) groups is 1. The zero-order chi connectivity index (χ0) is 9.07. The quantitative estimate of drug-likeness (QED) is 0.446. The van der Waals surface area contributed by atoms with Gasteiger partial charge in [-0.2, -0.15) is 0 Å². The van der Waals surface area contributed by atoms with Gasteiger partial charge in [-0.05, 0) is 27.9 Å². The number of nitrogens with zero attached hydrogens (tertiary/aromatic N) is 1. The van der Waals surface area contributed by atoms with Gasteiger partial charge >= 0.3 is 35.5 Å². The Morgan fingerprint density at radius 3 is 2.08 bits per heavy atom. The molecule has 0 aromatic heterocycles. The van der Waals surface area contributed by atoms with Crippen molar-refractivity contribution >= 4 is 35.5 Å². The molecule has 0 heterocycles. The Kier molecular flexibility index (Phi) is 6.78. The number of aliphatic carboxylic acids is 1. The van der Waals surface area contributed by atoms with Gasteiger partial charge in [0, 0.05) is 5.92 Å². The van der Waals surface area contributed by atoms with E-state index in [4.69, 9.17) is 5.11 Å². The molecule has 0 fully saturated rings. The molecule has 0 atom stereocenters. The second-order valence-electron chi connectivity index (χ2n) is 3.01. The fourth-order valence-corrected chi connectivity index (χ4v) is 0.318. The van der Waals surface area contributed by atoms with Crippen LogP contribution in [0, 0.1) is 11.8 Å². The first-order valence-corrected chi connectivity index (χ1v) is 3.30. The molecule has 0 aromatic rings. The molecular formula is C8H14NNaO2. The van der Waals surface area contributed by atoms with E-state index in [1.54, 1.807) is 0 Å². The monoisotopic (exact) mass is 179 g/mol. The van der Waals surface area contributed by atoms with Crippen molar-refractivity contribution in [2.45, 2.75) is 19.4 Å². The third-order valence-electron chi connectivity index (χ3n) is 1.59. The molecule has 0 aliphatic rings. The van der Waals surface area contributed by atoms with E-state index in [0.717, 1.165) is 0 Å². The van der Waals surface area contributed by atoms with Gasteiger partial charge in [-0.25, -0.2) is 4.79 Å². The minimum absolute atomic E-state index is 0. The summed E-state index contributed by atoms with van der Waals surface area (Å²) in [6, 6.07) is 0. The van der Waals surface area contributed by atoms with Crippen LogP contribution < -0.4 is 0 Å². The first kappa shape index (κ1) is 14.5. The van der Waals surface area contributed by atoms with Crippen molar-refractivity contribution in [1.82, 2.24) is 4.90 Å². The van der Waals surface area contributed by atoms with Gasteiger partial charge in [-0.3, -0.25) is 4.90 Å². The van der Waals surface area contributed by atoms with Gasteiger partial charge in [0.1, 0.15) is 0 Å². The molecule has 1 N–H and O–H groups in total. The van der Waals surface area contributed by atoms with E-state index in [9.17, 15) is 4.79 Å². The van der Waals surface area contributed by atoms with Crippen molar-refractivity contribution in [2.24, 2.45) is 0 Å². The summed E-state index contributed by atoms with van der Waals surface area (Å²) in [4.78, 5) is 11.9. The summed E-state index contributed by atoms with van der Waals surface area (Å²) in [5.41, 5.74) is -0.377. The topological polar surface area (TPSA) is 40.5 Å². The van der Waals surface area contributed by atoms with Gasteiger partial charge in [-0.15, -0.1) is 0 Å². The first-order chi connectivity index (χ1) is 4.86. The second kappa shape index (κ2) is 5.60. The van der Waals surface area contributed by atoms with E-state index in [1.807, 2.05) is 32.8 Å². The van der Waals surface area contributed by atoms with E-state index >= 15 is 0 Å². The van der Waals surface area contributed by atoms with Gasteiger partial charge in [0.15, 0.2) is 0 Å². The Hall–Kier alpha value is -0.0100. The number of carboxylic acid groups (broad SMARTS) is 1. The Morgan fingerprint density at radius 2 is 1.83 bits per heavy atom. The third-order valence-corrected chi connectivity index (χ3v) is 1.59. The van der Waals surface area contributed by atoms with E-state index in [-0.39, 0.29) is 35.1 Å². The van der Waals surface area contributed by atoms with E-state index in [0.29, 0.717) is 0 Å². The number of carboxylic acids is 1. The van der Waals surface area contributed by atoms with Crippen molar-refractivity contribution in [3.05, 3.63) is 0 Å². The molecule has 12 heavy (non-hydrogen) atoms. The van der Waals surface area contributed by atoms with Crippen LogP contribution in [0.1, 0.15) is 13.8 Å². The van der Waals surface area contributed by atoms with Crippen LogP contribution in [0.25, 0.3) is 0 Å². The molecule has 0 saturated heterocycles. The van der Waals surface area contributed by atoms with Crippen molar-refractivity contribution in [2.75, 3.05) is 14.1 Å². The number of hydrogen-bond donors (Lipinski definition) is 1. The molecule has 0 amide bonds.